The summed E-state index contributed by atoms with van der Waals surface area (Å²) in [5.74, 6) is 0. The Kier molecular flexibility index (Phi) is 3.38. The van der Waals surface area contributed by atoms with Crippen molar-refractivity contribution in [2.24, 2.45) is 0 Å². The Morgan fingerprint density at radius 3 is 3.11 bits per heavy atom. The molecule has 0 aliphatic carbocycles. The van der Waals surface area contributed by atoms with Crippen LogP contribution >= 0.6 is 0 Å². The highest BCUT2D eigenvalue weighted by molar-refractivity contribution is 5.92. The summed E-state index contributed by atoms with van der Waals surface area (Å²) in [5, 5.41) is 1.08. The quantitative estimate of drug-likeness (QED) is 0.917. The van der Waals surface area contributed by atoms with Gasteiger partial charge < -0.3 is 10.5 Å². The van der Waals surface area contributed by atoms with E-state index in [-0.39, 0.29) is 0 Å². The summed E-state index contributed by atoms with van der Waals surface area (Å²) in [6.07, 6.45) is 4.41. The number of unbranched alkanes of at least 4 members (excludes halogenated alkanes) is 1. The normalized spacial score (nSPS) is 14.6. The number of nitrogen functional groups attached to an aromatic ring is 1. The van der Waals surface area contributed by atoms with Gasteiger partial charge in [-0.2, -0.15) is 0 Å². The Morgan fingerprint density at radius 1 is 1.37 bits per heavy atom. The average Bonchev–Trinajstić information content (AvgIpc) is 2.46. The van der Waals surface area contributed by atoms with E-state index in [0.29, 0.717) is 6.61 Å². The maximum absolute atomic E-state index is 6.32. The van der Waals surface area contributed by atoms with E-state index in [9.17, 15) is 0 Å². The maximum atomic E-state index is 6.32. The highest BCUT2D eigenvalue weighted by Gasteiger charge is 2.16. The number of nitrogens with two attached hydrogens (primary N) is 1. The summed E-state index contributed by atoms with van der Waals surface area (Å²) in [5.41, 5.74) is 11.7. The first-order valence-electron chi connectivity index (χ1n) is 7.07. The molecule has 100 valence electrons. The fourth-order valence-electron chi connectivity index (χ4n) is 2.67. The Balaban J connectivity index is 2.09. The molecule has 0 spiro atoms. The van der Waals surface area contributed by atoms with E-state index in [4.69, 9.17) is 15.5 Å². The van der Waals surface area contributed by atoms with Crippen LogP contribution in [0.2, 0.25) is 0 Å². The molecule has 0 radical (unpaired) electrons. The molecular formula is C16H20N2O. The molecule has 3 nitrogen and oxygen atoms in total. The first-order valence-corrected chi connectivity index (χ1v) is 7.07. The van der Waals surface area contributed by atoms with Gasteiger partial charge in [0.2, 0.25) is 0 Å². The van der Waals surface area contributed by atoms with E-state index in [1.54, 1.807) is 0 Å². The summed E-state index contributed by atoms with van der Waals surface area (Å²) >= 11 is 0. The molecule has 1 aliphatic heterocycles. The van der Waals surface area contributed by atoms with Crippen molar-refractivity contribution in [3.8, 4) is 0 Å². The smallest absolute Gasteiger partial charge is 0.0755 e. The van der Waals surface area contributed by atoms with Crippen LogP contribution in [-0.4, -0.2) is 11.6 Å². The number of anilines is 1. The lowest BCUT2D eigenvalue weighted by Gasteiger charge is -2.19. The molecule has 3 rings (SSSR count). The molecular weight excluding hydrogens is 236 g/mol. The van der Waals surface area contributed by atoms with Crippen LogP contribution in [-0.2, 0) is 24.2 Å². The minimum Gasteiger partial charge on any atom is -0.398 e. The SMILES string of the molecule is CCCCc1ccc2nc3c(c(N)c2c1)COCC3. The highest BCUT2D eigenvalue weighted by Crippen LogP contribution is 2.30. The van der Waals surface area contributed by atoms with Gasteiger partial charge in [0, 0.05) is 23.1 Å². The van der Waals surface area contributed by atoms with Crippen LogP contribution in [0.3, 0.4) is 0 Å². The number of nitrogens with zero attached hydrogens (tertiary/aromatic N) is 1. The van der Waals surface area contributed by atoms with Gasteiger partial charge in [-0.1, -0.05) is 19.4 Å². The Labute approximate surface area is 113 Å². The van der Waals surface area contributed by atoms with E-state index in [1.807, 2.05) is 0 Å². The van der Waals surface area contributed by atoms with Crippen LogP contribution in [0.5, 0.6) is 0 Å². The summed E-state index contributed by atoms with van der Waals surface area (Å²) in [6.45, 7) is 3.56. The molecule has 0 bridgehead atoms. The van der Waals surface area contributed by atoms with E-state index in [0.717, 1.165) is 47.3 Å². The Morgan fingerprint density at radius 2 is 2.26 bits per heavy atom. The second-order valence-corrected chi connectivity index (χ2v) is 5.21. The number of hydrogen-bond acceptors (Lipinski definition) is 3. The summed E-state index contributed by atoms with van der Waals surface area (Å²) in [6, 6.07) is 6.48. The lowest BCUT2D eigenvalue weighted by molar-refractivity contribution is 0.110. The van der Waals surface area contributed by atoms with Crippen molar-refractivity contribution in [2.45, 2.75) is 39.2 Å². The molecule has 0 saturated carbocycles. The average molecular weight is 256 g/mol. The van der Waals surface area contributed by atoms with Crippen molar-refractivity contribution in [3.63, 3.8) is 0 Å². The molecule has 0 atom stereocenters. The van der Waals surface area contributed by atoms with Crippen LogP contribution in [0, 0.1) is 0 Å². The number of aromatic nitrogens is 1. The molecule has 3 heteroatoms. The van der Waals surface area contributed by atoms with E-state index >= 15 is 0 Å². The van der Waals surface area contributed by atoms with Gasteiger partial charge >= 0.3 is 0 Å². The third-order valence-electron chi connectivity index (χ3n) is 3.83. The molecule has 1 aromatic carbocycles. The predicted molar refractivity (Wildman–Crippen MR) is 78.1 cm³/mol. The van der Waals surface area contributed by atoms with Crippen LogP contribution in [0.15, 0.2) is 18.2 Å². The molecule has 0 fully saturated rings. The summed E-state index contributed by atoms with van der Waals surface area (Å²) in [4.78, 5) is 4.74. The zero-order chi connectivity index (χ0) is 13.2. The van der Waals surface area contributed by atoms with Crippen LogP contribution in [0.25, 0.3) is 10.9 Å². The van der Waals surface area contributed by atoms with Gasteiger partial charge in [0.1, 0.15) is 0 Å². The molecule has 2 heterocycles. The molecule has 0 unspecified atom stereocenters. The second kappa shape index (κ2) is 5.17. The van der Waals surface area contributed by atoms with Crippen molar-refractivity contribution in [1.82, 2.24) is 4.98 Å². The largest absolute Gasteiger partial charge is 0.398 e. The summed E-state index contributed by atoms with van der Waals surface area (Å²) < 4.78 is 5.50. The monoisotopic (exact) mass is 256 g/mol. The van der Waals surface area contributed by atoms with Gasteiger partial charge in [0.05, 0.1) is 24.4 Å². The minimum atomic E-state index is 0.600. The van der Waals surface area contributed by atoms with Crippen LogP contribution in [0.1, 0.15) is 36.6 Å². The van der Waals surface area contributed by atoms with E-state index < -0.39 is 0 Å². The van der Waals surface area contributed by atoms with Gasteiger partial charge in [0.25, 0.3) is 0 Å². The highest BCUT2D eigenvalue weighted by atomic mass is 16.5. The first kappa shape index (κ1) is 12.4. The van der Waals surface area contributed by atoms with Crippen LogP contribution < -0.4 is 5.73 Å². The number of ether oxygens (including phenoxy) is 1. The molecule has 0 amide bonds. The maximum Gasteiger partial charge on any atom is 0.0755 e. The third kappa shape index (κ3) is 2.30. The van der Waals surface area contributed by atoms with Crippen molar-refractivity contribution in [3.05, 3.63) is 35.0 Å². The van der Waals surface area contributed by atoms with Crippen molar-refractivity contribution < 1.29 is 4.74 Å². The summed E-state index contributed by atoms with van der Waals surface area (Å²) in [7, 11) is 0. The van der Waals surface area contributed by atoms with E-state index in [1.165, 1.54) is 18.4 Å². The number of benzene rings is 1. The topological polar surface area (TPSA) is 48.1 Å². The number of aryl methyl sites for hydroxylation is 1. The first-order chi connectivity index (χ1) is 9.29. The number of pyridine rings is 1. The van der Waals surface area contributed by atoms with Crippen molar-refractivity contribution >= 4 is 16.6 Å². The molecule has 2 aromatic rings. The van der Waals surface area contributed by atoms with Crippen molar-refractivity contribution in [1.29, 1.82) is 0 Å². The standard InChI is InChI=1S/C16H20N2O/c1-2-3-4-11-5-6-14-12(9-11)16(17)13-10-19-8-7-15(13)18-14/h5-6,9H,2-4,7-8,10H2,1H3,(H2,17,18). The number of hydrogen-bond donors (Lipinski definition) is 1. The molecule has 0 saturated heterocycles. The van der Waals surface area contributed by atoms with Crippen molar-refractivity contribution in [2.75, 3.05) is 12.3 Å². The molecule has 1 aliphatic rings. The second-order valence-electron chi connectivity index (χ2n) is 5.21. The van der Waals surface area contributed by atoms with E-state index in [2.05, 4.69) is 25.1 Å². The molecule has 19 heavy (non-hydrogen) atoms. The Bertz CT molecular complexity index is 607. The van der Waals surface area contributed by atoms with Gasteiger partial charge in [0.15, 0.2) is 0 Å². The molecule has 1 aromatic heterocycles. The third-order valence-corrected chi connectivity index (χ3v) is 3.83. The Hall–Kier alpha value is -1.61. The van der Waals surface area contributed by atoms with Gasteiger partial charge in [-0.05, 0) is 30.5 Å². The zero-order valence-corrected chi connectivity index (χ0v) is 11.4. The van der Waals surface area contributed by atoms with Crippen LogP contribution in [0.4, 0.5) is 5.69 Å². The zero-order valence-electron chi connectivity index (χ0n) is 11.4. The fraction of sp³-hybridized carbons (Fsp3) is 0.438. The van der Waals surface area contributed by atoms with Gasteiger partial charge in [-0.15, -0.1) is 0 Å². The fourth-order valence-corrected chi connectivity index (χ4v) is 2.67. The minimum absolute atomic E-state index is 0.600. The lowest BCUT2D eigenvalue weighted by atomic mass is 10.00. The van der Waals surface area contributed by atoms with Gasteiger partial charge in [-0.25, -0.2) is 0 Å². The predicted octanol–water partition coefficient (Wildman–Crippen LogP) is 3.23. The van der Waals surface area contributed by atoms with Gasteiger partial charge in [-0.3, -0.25) is 4.98 Å². The number of fused-ring (bicyclic) bond motifs is 2. The lowest BCUT2D eigenvalue weighted by Crippen LogP contribution is -2.14. The number of rotatable bonds is 3. The molecule has 2 N–H and O–H groups in total.